The standard InChI is InChI=1S/C13H23NO2/c1-9(2)14-11-7-5-4-6-10(3)8-12(11)16-13(14)15/h9-12H,4-8H2,1-3H3. The number of hydrogen-bond acceptors (Lipinski definition) is 2. The van der Waals surface area contributed by atoms with Crippen LogP contribution in [-0.2, 0) is 4.74 Å². The van der Waals surface area contributed by atoms with Crippen molar-refractivity contribution < 1.29 is 9.53 Å². The van der Waals surface area contributed by atoms with Crippen molar-refractivity contribution in [2.24, 2.45) is 5.92 Å². The van der Waals surface area contributed by atoms with E-state index in [2.05, 4.69) is 20.8 Å². The Balaban J connectivity index is 2.12. The zero-order valence-corrected chi connectivity index (χ0v) is 10.6. The minimum Gasteiger partial charge on any atom is -0.444 e. The van der Waals surface area contributed by atoms with E-state index in [-0.39, 0.29) is 18.2 Å². The van der Waals surface area contributed by atoms with Gasteiger partial charge in [-0.2, -0.15) is 0 Å². The molecular weight excluding hydrogens is 202 g/mol. The van der Waals surface area contributed by atoms with Crippen LogP contribution in [0.1, 0.15) is 52.9 Å². The van der Waals surface area contributed by atoms with Gasteiger partial charge in [-0.3, -0.25) is 4.90 Å². The lowest BCUT2D eigenvalue weighted by Crippen LogP contribution is -2.42. The second-order valence-corrected chi connectivity index (χ2v) is 5.62. The number of amides is 1. The van der Waals surface area contributed by atoms with Crippen LogP contribution in [0.25, 0.3) is 0 Å². The second kappa shape index (κ2) is 4.64. The molecule has 0 aromatic carbocycles. The van der Waals surface area contributed by atoms with Crippen LogP contribution in [0.3, 0.4) is 0 Å². The third-order valence-electron chi connectivity index (χ3n) is 3.89. The number of rotatable bonds is 1. The summed E-state index contributed by atoms with van der Waals surface area (Å²) in [7, 11) is 0. The molecule has 3 atom stereocenters. The van der Waals surface area contributed by atoms with Gasteiger partial charge in [0.15, 0.2) is 0 Å². The predicted molar refractivity (Wildman–Crippen MR) is 63.3 cm³/mol. The maximum Gasteiger partial charge on any atom is 0.410 e. The minimum absolute atomic E-state index is 0.0981. The summed E-state index contributed by atoms with van der Waals surface area (Å²) in [6, 6.07) is 0.590. The summed E-state index contributed by atoms with van der Waals surface area (Å²) in [4.78, 5) is 13.8. The van der Waals surface area contributed by atoms with E-state index in [1.54, 1.807) is 0 Å². The van der Waals surface area contributed by atoms with Gasteiger partial charge in [0.25, 0.3) is 0 Å². The lowest BCUT2D eigenvalue weighted by molar-refractivity contribution is 0.108. The fourth-order valence-corrected chi connectivity index (χ4v) is 3.07. The van der Waals surface area contributed by atoms with Crippen LogP contribution in [0.5, 0.6) is 0 Å². The Morgan fingerprint density at radius 3 is 2.69 bits per heavy atom. The Kier molecular flexibility index (Phi) is 3.41. The topological polar surface area (TPSA) is 29.5 Å². The van der Waals surface area contributed by atoms with E-state index in [0.29, 0.717) is 12.0 Å². The molecule has 2 rings (SSSR count). The molecule has 16 heavy (non-hydrogen) atoms. The average Bonchev–Trinajstić information content (AvgIpc) is 2.46. The molecule has 0 spiro atoms. The Bertz CT molecular complexity index is 265. The highest BCUT2D eigenvalue weighted by Crippen LogP contribution is 2.33. The maximum absolute atomic E-state index is 11.8. The van der Waals surface area contributed by atoms with E-state index >= 15 is 0 Å². The first-order valence-electron chi connectivity index (χ1n) is 6.58. The molecule has 92 valence electrons. The molecule has 2 aliphatic rings. The molecule has 0 bridgehead atoms. The fraction of sp³-hybridized carbons (Fsp3) is 0.923. The van der Waals surface area contributed by atoms with Gasteiger partial charge in [-0.1, -0.05) is 26.2 Å². The van der Waals surface area contributed by atoms with Crippen molar-refractivity contribution in [3.05, 3.63) is 0 Å². The second-order valence-electron chi connectivity index (χ2n) is 5.62. The van der Waals surface area contributed by atoms with Crippen molar-refractivity contribution in [3.8, 4) is 0 Å². The van der Waals surface area contributed by atoms with Crippen molar-refractivity contribution in [3.63, 3.8) is 0 Å². The first-order chi connectivity index (χ1) is 7.59. The van der Waals surface area contributed by atoms with Crippen LogP contribution in [0.2, 0.25) is 0 Å². The largest absolute Gasteiger partial charge is 0.444 e. The average molecular weight is 225 g/mol. The van der Waals surface area contributed by atoms with Crippen LogP contribution in [0, 0.1) is 5.92 Å². The summed E-state index contributed by atoms with van der Waals surface area (Å²) < 4.78 is 5.53. The quantitative estimate of drug-likeness (QED) is 0.686. The highest BCUT2D eigenvalue weighted by Gasteiger charge is 2.43. The van der Waals surface area contributed by atoms with Gasteiger partial charge in [0.1, 0.15) is 6.10 Å². The molecule has 3 unspecified atom stereocenters. The fourth-order valence-electron chi connectivity index (χ4n) is 3.07. The predicted octanol–water partition coefficient (Wildman–Crippen LogP) is 3.18. The summed E-state index contributed by atoms with van der Waals surface area (Å²) >= 11 is 0. The monoisotopic (exact) mass is 225 g/mol. The molecular formula is C13H23NO2. The first-order valence-corrected chi connectivity index (χ1v) is 6.58. The summed E-state index contributed by atoms with van der Waals surface area (Å²) in [5.74, 6) is 0.688. The molecule has 0 radical (unpaired) electrons. The third-order valence-corrected chi connectivity index (χ3v) is 3.89. The van der Waals surface area contributed by atoms with Crippen molar-refractivity contribution in [1.29, 1.82) is 0 Å². The highest BCUT2D eigenvalue weighted by atomic mass is 16.6. The van der Waals surface area contributed by atoms with E-state index in [9.17, 15) is 4.79 Å². The lowest BCUT2D eigenvalue weighted by atomic mass is 9.87. The Labute approximate surface area is 98.1 Å². The first kappa shape index (κ1) is 11.7. The van der Waals surface area contributed by atoms with Gasteiger partial charge >= 0.3 is 6.09 Å². The molecule has 3 heteroatoms. The summed E-state index contributed by atoms with van der Waals surface area (Å²) in [5, 5.41) is 0. The molecule has 3 nitrogen and oxygen atoms in total. The van der Waals surface area contributed by atoms with Crippen molar-refractivity contribution in [2.45, 2.75) is 71.1 Å². The molecule has 2 fully saturated rings. The van der Waals surface area contributed by atoms with E-state index in [1.807, 2.05) is 4.90 Å². The minimum atomic E-state index is -0.0981. The Morgan fingerprint density at radius 1 is 1.31 bits per heavy atom. The van der Waals surface area contributed by atoms with Gasteiger partial charge in [-0.25, -0.2) is 4.79 Å². The Hall–Kier alpha value is -0.730. The zero-order chi connectivity index (χ0) is 11.7. The van der Waals surface area contributed by atoms with Gasteiger partial charge in [0, 0.05) is 6.04 Å². The molecule has 1 aliphatic heterocycles. The van der Waals surface area contributed by atoms with Gasteiger partial charge in [0.2, 0.25) is 0 Å². The maximum atomic E-state index is 11.8. The summed E-state index contributed by atoms with van der Waals surface area (Å²) in [6.07, 6.45) is 6.00. The molecule has 1 aliphatic carbocycles. The molecule has 1 amide bonds. The number of carbonyl (C=O) groups is 1. The smallest absolute Gasteiger partial charge is 0.410 e. The van der Waals surface area contributed by atoms with Crippen molar-refractivity contribution in [1.82, 2.24) is 4.90 Å². The van der Waals surface area contributed by atoms with Gasteiger partial charge < -0.3 is 4.74 Å². The normalized spacial score (nSPS) is 35.6. The van der Waals surface area contributed by atoms with Gasteiger partial charge in [0.05, 0.1) is 6.04 Å². The molecule has 0 aromatic rings. The number of carbonyl (C=O) groups excluding carboxylic acids is 1. The number of hydrogen-bond donors (Lipinski definition) is 0. The summed E-state index contributed by atoms with van der Waals surface area (Å²) in [5.41, 5.74) is 0. The van der Waals surface area contributed by atoms with Gasteiger partial charge in [-0.05, 0) is 32.6 Å². The molecule has 1 saturated carbocycles. The zero-order valence-electron chi connectivity index (χ0n) is 10.6. The van der Waals surface area contributed by atoms with Crippen molar-refractivity contribution in [2.75, 3.05) is 0 Å². The van der Waals surface area contributed by atoms with E-state index < -0.39 is 0 Å². The SMILES string of the molecule is CC1CCCCC2C(C1)OC(=O)N2C(C)C. The molecule has 0 N–H and O–H groups in total. The number of ether oxygens (including phenoxy) is 1. The van der Waals surface area contributed by atoms with Crippen LogP contribution in [0.4, 0.5) is 4.79 Å². The van der Waals surface area contributed by atoms with E-state index in [1.165, 1.54) is 19.3 Å². The van der Waals surface area contributed by atoms with Crippen LogP contribution >= 0.6 is 0 Å². The van der Waals surface area contributed by atoms with Gasteiger partial charge in [-0.15, -0.1) is 0 Å². The number of nitrogens with zero attached hydrogens (tertiary/aromatic N) is 1. The van der Waals surface area contributed by atoms with Crippen LogP contribution in [-0.4, -0.2) is 29.2 Å². The number of fused-ring (bicyclic) bond motifs is 1. The van der Waals surface area contributed by atoms with Crippen molar-refractivity contribution >= 4 is 6.09 Å². The van der Waals surface area contributed by atoms with Crippen LogP contribution < -0.4 is 0 Å². The van der Waals surface area contributed by atoms with E-state index in [4.69, 9.17) is 4.74 Å². The molecule has 0 aromatic heterocycles. The van der Waals surface area contributed by atoms with Crippen LogP contribution in [0.15, 0.2) is 0 Å². The highest BCUT2D eigenvalue weighted by molar-refractivity contribution is 5.71. The summed E-state index contributed by atoms with van der Waals surface area (Å²) in [6.45, 7) is 6.42. The lowest BCUT2D eigenvalue weighted by Gasteiger charge is -2.30. The molecule has 1 heterocycles. The van der Waals surface area contributed by atoms with E-state index in [0.717, 1.165) is 12.8 Å². The molecule has 1 saturated heterocycles. The third kappa shape index (κ3) is 2.18. The Morgan fingerprint density at radius 2 is 2.00 bits per heavy atom.